The molecule has 4 rings (SSSR count). The fraction of sp³-hybridized carbons (Fsp3) is 0.417. The minimum Gasteiger partial charge on any atom is -0.477 e. The van der Waals surface area contributed by atoms with Gasteiger partial charge in [0.25, 0.3) is 0 Å². The number of rotatable bonds is 10. The molecule has 0 spiro atoms. The lowest BCUT2D eigenvalue weighted by Crippen LogP contribution is -2.32. The summed E-state index contributed by atoms with van der Waals surface area (Å²) in [6.07, 6.45) is 9.31. The minimum atomic E-state index is -3.22. The lowest BCUT2D eigenvalue weighted by molar-refractivity contribution is -0.123. The summed E-state index contributed by atoms with van der Waals surface area (Å²) >= 11 is 0. The summed E-state index contributed by atoms with van der Waals surface area (Å²) in [4.78, 5) is 34.7. The summed E-state index contributed by atoms with van der Waals surface area (Å²) in [6, 6.07) is 3.62. The first-order valence-electron chi connectivity index (χ1n) is 11.2. The van der Waals surface area contributed by atoms with Crippen LogP contribution in [0.25, 0.3) is 11.3 Å². The van der Waals surface area contributed by atoms with Gasteiger partial charge in [-0.05, 0) is 45.7 Å². The Kier molecular flexibility index (Phi) is 6.70. The van der Waals surface area contributed by atoms with Gasteiger partial charge < -0.3 is 4.74 Å². The van der Waals surface area contributed by atoms with Crippen LogP contribution in [0.1, 0.15) is 50.7 Å². The van der Waals surface area contributed by atoms with Crippen LogP contribution in [0.2, 0.25) is 0 Å². The van der Waals surface area contributed by atoms with E-state index in [-0.39, 0.29) is 23.2 Å². The maximum absolute atomic E-state index is 13.2. The number of carbonyl (C=O) groups excluding carboxylic acids is 1. The zero-order valence-corrected chi connectivity index (χ0v) is 20.2. The van der Waals surface area contributed by atoms with Gasteiger partial charge in [0.15, 0.2) is 9.84 Å². The van der Waals surface area contributed by atoms with Crippen LogP contribution in [0.4, 0.5) is 0 Å². The van der Waals surface area contributed by atoms with E-state index in [0.29, 0.717) is 48.1 Å². The number of sulfone groups is 1. The average molecular weight is 482 g/mol. The molecule has 3 aromatic rings. The SMILES string of the molecule is CCOc1cncc(-c2ccc(CC(=O)C(C)(C)c3cncc(CS(=O)(=O)C4CC4)n3)nc2)n1. The van der Waals surface area contributed by atoms with E-state index in [1.165, 1.54) is 12.4 Å². The molecule has 3 aromatic heterocycles. The van der Waals surface area contributed by atoms with Gasteiger partial charge in [0, 0.05) is 36.3 Å². The Morgan fingerprint density at radius 1 is 1.03 bits per heavy atom. The molecule has 9 nitrogen and oxygen atoms in total. The Bertz CT molecular complexity index is 1290. The third kappa shape index (κ3) is 5.44. The second-order valence-corrected chi connectivity index (χ2v) is 11.1. The Labute approximate surface area is 199 Å². The third-order valence-corrected chi connectivity index (χ3v) is 7.96. The molecule has 0 saturated heterocycles. The Morgan fingerprint density at radius 2 is 1.79 bits per heavy atom. The fourth-order valence-electron chi connectivity index (χ4n) is 3.44. The van der Waals surface area contributed by atoms with Crippen molar-refractivity contribution >= 4 is 15.6 Å². The molecule has 3 heterocycles. The van der Waals surface area contributed by atoms with Crippen LogP contribution in [0.15, 0.2) is 43.1 Å². The van der Waals surface area contributed by atoms with Crippen LogP contribution in [-0.4, -0.2) is 51.0 Å². The van der Waals surface area contributed by atoms with E-state index in [9.17, 15) is 13.2 Å². The monoisotopic (exact) mass is 481 g/mol. The summed E-state index contributed by atoms with van der Waals surface area (Å²) in [5.74, 6) is 0.191. The zero-order chi connectivity index (χ0) is 24.3. The highest BCUT2D eigenvalue weighted by Gasteiger charge is 2.37. The normalized spacial score (nSPS) is 14.1. The average Bonchev–Trinajstić information content (AvgIpc) is 3.66. The predicted molar refractivity (Wildman–Crippen MR) is 126 cm³/mol. The number of nitrogens with zero attached hydrogens (tertiary/aromatic N) is 5. The molecule has 0 amide bonds. The molecule has 1 saturated carbocycles. The van der Waals surface area contributed by atoms with Crippen molar-refractivity contribution in [2.24, 2.45) is 0 Å². The van der Waals surface area contributed by atoms with Crippen LogP contribution in [0.3, 0.4) is 0 Å². The molecule has 0 aliphatic heterocycles. The molecule has 1 aliphatic carbocycles. The first kappa shape index (κ1) is 23.9. The first-order chi connectivity index (χ1) is 16.2. The van der Waals surface area contributed by atoms with Crippen molar-refractivity contribution in [3.8, 4) is 17.1 Å². The molecule has 0 unspecified atom stereocenters. The van der Waals surface area contributed by atoms with Gasteiger partial charge in [0.2, 0.25) is 5.88 Å². The van der Waals surface area contributed by atoms with Gasteiger partial charge in [-0.3, -0.25) is 24.7 Å². The number of hydrogen-bond acceptors (Lipinski definition) is 9. The molecule has 0 aromatic carbocycles. The highest BCUT2D eigenvalue weighted by atomic mass is 32.2. The summed E-state index contributed by atoms with van der Waals surface area (Å²) in [6.45, 7) is 5.90. The molecule has 10 heteroatoms. The molecular formula is C24H27N5O4S. The van der Waals surface area contributed by atoms with Gasteiger partial charge in [-0.1, -0.05) is 0 Å². The number of ketones is 1. The molecule has 0 radical (unpaired) electrons. The number of carbonyl (C=O) groups is 1. The maximum atomic E-state index is 13.2. The van der Waals surface area contributed by atoms with Gasteiger partial charge in [-0.15, -0.1) is 0 Å². The molecule has 0 bridgehead atoms. The zero-order valence-electron chi connectivity index (χ0n) is 19.4. The standard InChI is InChI=1S/C24H27N5O4S/c1-4-33-23-14-26-12-20(29-23)16-5-6-17(27-10-16)9-22(30)24(2,3)21-13-25-11-18(28-21)15-34(31,32)19-7-8-19/h5-6,10-14,19H,4,7-9,15H2,1-3H3. The minimum absolute atomic E-state index is 0.0950. The molecule has 1 aliphatic rings. The van der Waals surface area contributed by atoms with E-state index >= 15 is 0 Å². The van der Waals surface area contributed by atoms with E-state index in [1.807, 2.05) is 13.0 Å². The number of aromatic nitrogens is 5. The molecule has 0 N–H and O–H groups in total. The largest absolute Gasteiger partial charge is 0.477 e. The lowest BCUT2D eigenvalue weighted by Gasteiger charge is -2.22. The van der Waals surface area contributed by atoms with Crippen molar-refractivity contribution in [1.82, 2.24) is 24.9 Å². The Morgan fingerprint density at radius 3 is 2.47 bits per heavy atom. The van der Waals surface area contributed by atoms with Gasteiger partial charge in [-0.2, -0.15) is 0 Å². The predicted octanol–water partition coefficient (Wildman–Crippen LogP) is 2.89. The van der Waals surface area contributed by atoms with Crippen LogP contribution in [0, 0.1) is 0 Å². The van der Waals surface area contributed by atoms with Crippen LogP contribution < -0.4 is 4.74 Å². The molecular weight excluding hydrogens is 454 g/mol. The van der Waals surface area contributed by atoms with Crippen LogP contribution in [-0.2, 0) is 32.2 Å². The maximum Gasteiger partial charge on any atom is 0.232 e. The topological polar surface area (TPSA) is 125 Å². The first-order valence-corrected chi connectivity index (χ1v) is 12.9. The summed E-state index contributed by atoms with van der Waals surface area (Å²) in [5, 5.41) is -0.269. The summed E-state index contributed by atoms with van der Waals surface area (Å²) in [5.41, 5.74) is 1.86. The third-order valence-electron chi connectivity index (χ3n) is 5.77. The number of ether oxygens (including phenoxy) is 1. The molecule has 178 valence electrons. The number of Topliss-reactive ketones (excluding diaryl/α,β-unsaturated/α-hetero) is 1. The highest BCUT2D eigenvalue weighted by molar-refractivity contribution is 7.91. The van der Waals surface area contributed by atoms with Crippen molar-refractivity contribution < 1.29 is 17.9 Å². The Balaban J connectivity index is 1.46. The van der Waals surface area contributed by atoms with Gasteiger partial charge in [-0.25, -0.2) is 13.4 Å². The summed E-state index contributed by atoms with van der Waals surface area (Å²) in [7, 11) is -3.22. The molecule has 1 fully saturated rings. The second-order valence-electron chi connectivity index (χ2n) is 8.84. The smallest absolute Gasteiger partial charge is 0.232 e. The van der Waals surface area contributed by atoms with Gasteiger partial charge in [0.05, 0.1) is 52.5 Å². The van der Waals surface area contributed by atoms with E-state index in [4.69, 9.17) is 4.74 Å². The van der Waals surface area contributed by atoms with Crippen molar-refractivity contribution in [3.05, 3.63) is 60.2 Å². The summed E-state index contributed by atoms with van der Waals surface area (Å²) < 4.78 is 30.0. The quantitative estimate of drug-likeness (QED) is 0.430. The van der Waals surface area contributed by atoms with Gasteiger partial charge in [0.1, 0.15) is 5.78 Å². The molecule has 34 heavy (non-hydrogen) atoms. The van der Waals surface area contributed by atoms with E-state index in [0.717, 1.165) is 5.56 Å². The van der Waals surface area contributed by atoms with Crippen molar-refractivity contribution in [2.75, 3.05) is 6.61 Å². The lowest BCUT2D eigenvalue weighted by atomic mass is 9.82. The van der Waals surface area contributed by atoms with Crippen LogP contribution >= 0.6 is 0 Å². The van der Waals surface area contributed by atoms with Crippen molar-refractivity contribution in [3.63, 3.8) is 0 Å². The Hall–Kier alpha value is -3.27. The molecule has 0 atom stereocenters. The van der Waals surface area contributed by atoms with Crippen LogP contribution in [0.5, 0.6) is 5.88 Å². The van der Waals surface area contributed by atoms with Crippen molar-refractivity contribution in [1.29, 1.82) is 0 Å². The van der Waals surface area contributed by atoms with Crippen molar-refractivity contribution in [2.45, 2.75) is 56.5 Å². The van der Waals surface area contributed by atoms with Gasteiger partial charge >= 0.3 is 0 Å². The second kappa shape index (κ2) is 9.54. The van der Waals surface area contributed by atoms with E-state index < -0.39 is 15.3 Å². The number of hydrogen-bond donors (Lipinski definition) is 0. The highest BCUT2D eigenvalue weighted by Crippen LogP contribution is 2.31. The van der Waals surface area contributed by atoms with E-state index in [1.54, 1.807) is 38.5 Å². The fourth-order valence-corrected chi connectivity index (χ4v) is 5.08. The number of pyridine rings is 1. The van der Waals surface area contributed by atoms with E-state index in [2.05, 4.69) is 24.9 Å².